The maximum Gasteiger partial charge on any atom is 0.232 e. The van der Waals surface area contributed by atoms with Crippen molar-refractivity contribution >= 4 is 17.6 Å². The van der Waals surface area contributed by atoms with Crippen molar-refractivity contribution in [2.75, 3.05) is 10.6 Å². The van der Waals surface area contributed by atoms with Gasteiger partial charge in [0.1, 0.15) is 0 Å². The van der Waals surface area contributed by atoms with E-state index < -0.39 is 0 Å². The summed E-state index contributed by atoms with van der Waals surface area (Å²) in [6.45, 7) is 0. The second-order valence-electron chi connectivity index (χ2n) is 6.41. The third kappa shape index (κ3) is 3.81. The zero-order valence-electron chi connectivity index (χ0n) is 14.3. The predicted molar refractivity (Wildman–Crippen MR) is 102 cm³/mol. The van der Waals surface area contributed by atoms with E-state index in [2.05, 4.69) is 25.6 Å². The SMILES string of the molecule is O[C@H]1CCC[C@H]1Nc1nc(Nc2ccccc2)nc(-c2ccccc2)n1. The largest absolute Gasteiger partial charge is 0.391 e. The molecule has 2 aromatic carbocycles. The van der Waals surface area contributed by atoms with Gasteiger partial charge in [0.15, 0.2) is 5.82 Å². The van der Waals surface area contributed by atoms with Crippen LogP contribution in [0.1, 0.15) is 19.3 Å². The Morgan fingerprint density at radius 1 is 0.808 bits per heavy atom. The van der Waals surface area contributed by atoms with Crippen LogP contribution in [0.3, 0.4) is 0 Å². The van der Waals surface area contributed by atoms with E-state index in [0.717, 1.165) is 30.5 Å². The van der Waals surface area contributed by atoms with Gasteiger partial charge in [0.25, 0.3) is 0 Å². The van der Waals surface area contributed by atoms with Crippen LogP contribution in [0.15, 0.2) is 60.7 Å². The standard InChI is InChI=1S/C20H21N5O/c26-17-13-7-12-16(17)22-20-24-18(14-8-3-1-4-9-14)23-19(25-20)21-15-10-5-2-6-11-15/h1-6,8-11,16-17,26H,7,12-13H2,(H2,21,22,23,24,25)/t16-,17+/m1/s1. The van der Waals surface area contributed by atoms with E-state index in [-0.39, 0.29) is 12.1 Å². The van der Waals surface area contributed by atoms with Crippen LogP contribution in [0, 0.1) is 0 Å². The summed E-state index contributed by atoms with van der Waals surface area (Å²) in [5.74, 6) is 1.54. The number of nitrogens with zero attached hydrogens (tertiary/aromatic N) is 3. The number of rotatable bonds is 5. The summed E-state index contributed by atoms with van der Waals surface area (Å²) in [6, 6.07) is 19.6. The van der Waals surface area contributed by atoms with Crippen molar-refractivity contribution in [2.45, 2.75) is 31.4 Å². The van der Waals surface area contributed by atoms with Crippen LogP contribution in [-0.4, -0.2) is 32.2 Å². The molecule has 6 nitrogen and oxygen atoms in total. The van der Waals surface area contributed by atoms with Crippen LogP contribution in [0.4, 0.5) is 17.6 Å². The van der Waals surface area contributed by atoms with Gasteiger partial charge < -0.3 is 15.7 Å². The Balaban J connectivity index is 1.67. The van der Waals surface area contributed by atoms with Crippen LogP contribution in [0.25, 0.3) is 11.4 Å². The second-order valence-corrected chi connectivity index (χ2v) is 6.41. The van der Waals surface area contributed by atoms with Gasteiger partial charge in [-0.2, -0.15) is 15.0 Å². The van der Waals surface area contributed by atoms with Crippen molar-refractivity contribution in [3.63, 3.8) is 0 Å². The number of nitrogens with one attached hydrogen (secondary N) is 2. The maximum atomic E-state index is 10.1. The smallest absolute Gasteiger partial charge is 0.232 e. The summed E-state index contributed by atoms with van der Waals surface area (Å²) >= 11 is 0. The summed E-state index contributed by atoms with van der Waals surface area (Å²) in [5, 5.41) is 16.6. The van der Waals surface area contributed by atoms with E-state index in [1.807, 2.05) is 60.7 Å². The summed E-state index contributed by atoms with van der Waals surface area (Å²) in [6.07, 6.45) is 2.36. The van der Waals surface area contributed by atoms with Crippen molar-refractivity contribution in [1.29, 1.82) is 0 Å². The van der Waals surface area contributed by atoms with Crippen molar-refractivity contribution in [2.24, 2.45) is 0 Å². The van der Waals surface area contributed by atoms with Crippen LogP contribution in [-0.2, 0) is 0 Å². The fourth-order valence-corrected chi connectivity index (χ4v) is 3.14. The molecule has 0 spiro atoms. The molecule has 4 rings (SSSR count). The van der Waals surface area contributed by atoms with E-state index in [1.165, 1.54) is 0 Å². The molecule has 0 bridgehead atoms. The first-order chi connectivity index (χ1) is 12.8. The molecule has 0 radical (unpaired) electrons. The topological polar surface area (TPSA) is 83.0 Å². The molecule has 0 amide bonds. The second kappa shape index (κ2) is 7.49. The van der Waals surface area contributed by atoms with E-state index in [9.17, 15) is 5.11 Å². The van der Waals surface area contributed by atoms with Crippen LogP contribution < -0.4 is 10.6 Å². The molecule has 132 valence electrons. The first-order valence-electron chi connectivity index (χ1n) is 8.86. The number of aliphatic hydroxyl groups is 1. The minimum absolute atomic E-state index is 0.0226. The molecule has 3 N–H and O–H groups in total. The lowest BCUT2D eigenvalue weighted by Crippen LogP contribution is -2.29. The molecule has 1 saturated carbocycles. The molecule has 6 heteroatoms. The number of para-hydroxylation sites is 1. The lowest BCUT2D eigenvalue weighted by atomic mass is 10.2. The number of benzene rings is 2. The van der Waals surface area contributed by atoms with Crippen molar-refractivity contribution < 1.29 is 5.11 Å². The van der Waals surface area contributed by atoms with Gasteiger partial charge in [-0.15, -0.1) is 0 Å². The summed E-state index contributed by atoms with van der Waals surface area (Å²) in [4.78, 5) is 13.6. The van der Waals surface area contributed by atoms with E-state index in [0.29, 0.717) is 17.7 Å². The van der Waals surface area contributed by atoms with Gasteiger partial charge in [0.2, 0.25) is 11.9 Å². The van der Waals surface area contributed by atoms with Gasteiger partial charge in [-0.25, -0.2) is 0 Å². The summed E-state index contributed by atoms with van der Waals surface area (Å²) < 4.78 is 0. The third-order valence-electron chi connectivity index (χ3n) is 4.49. The first-order valence-corrected chi connectivity index (χ1v) is 8.86. The number of anilines is 3. The number of hydrogen-bond acceptors (Lipinski definition) is 6. The lowest BCUT2D eigenvalue weighted by Gasteiger charge is -2.17. The highest BCUT2D eigenvalue weighted by molar-refractivity contribution is 5.61. The van der Waals surface area contributed by atoms with Gasteiger partial charge in [0.05, 0.1) is 12.1 Å². The molecular formula is C20H21N5O. The Hall–Kier alpha value is -2.99. The minimum atomic E-state index is -0.363. The molecule has 1 aromatic heterocycles. The molecule has 0 aliphatic heterocycles. The Labute approximate surface area is 152 Å². The predicted octanol–water partition coefficient (Wildman–Crippen LogP) is 3.61. The van der Waals surface area contributed by atoms with Crippen LogP contribution >= 0.6 is 0 Å². The van der Waals surface area contributed by atoms with E-state index >= 15 is 0 Å². The molecule has 1 aliphatic carbocycles. The highest BCUT2D eigenvalue weighted by Crippen LogP contribution is 2.24. The molecule has 0 saturated heterocycles. The molecule has 3 aromatic rings. The number of hydrogen-bond donors (Lipinski definition) is 3. The van der Waals surface area contributed by atoms with Crippen molar-refractivity contribution in [1.82, 2.24) is 15.0 Å². The van der Waals surface area contributed by atoms with Crippen molar-refractivity contribution in [3.05, 3.63) is 60.7 Å². The molecular weight excluding hydrogens is 326 g/mol. The molecule has 1 aliphatic rings. The fraction of sp³-hybridized carbons (Fsp3) is 0.250. The number of aromatic nitrogens is 3. The molecule has 2 atom stereocenters. The highest BCUT2D eigenvalue weighted by Gasteiger charge is 2.26. The van der Waals surface area contributed by atoms with Gasteiger partial charge >= 0.3 is 0 Å². The van der Waals surface area contributed by atoms with Gasteiger partial charge in [-0.1, -0.05) is 48.5 Å². The Morgan fingerprint density at radius 3 is 2.19 bits per heavy atom. The lowest BCUT2D eigenvalue weighted by molar-refractivity contribution is 0.171. The third-order valence-corrected chi connectivity index (χ3v) is 4.49. The van der Waals surface area contributed by atoms with Gasteiger partial charge in [-0.05, 0) is 31.4 Å². The number of aliphatic hydroxyl groups excluding tert-OH is 1. The van der Waals surface area contributed by atoms with Crippen molar-refractivity contribution in [3.8, 4) is 11.4 Å². The fourth-order valence-electron chi connectivity index (χ4n) is 3.14. The zero-order chi connectivity index (χ0) is 17.8. The quantitative estimate of drug-likeness (QED) is 0.654. The average Bonchev–Trinajstić information content (AvgIpc) is 3.08. The Kier molecular flexibility index (Phi) is 4.75. The van der Waals surface area contributed by atoms with E-state index in [1.54, 1.807) is 0 Å². The van der Waals surface area contributed by atoms with Crippen LogP contribution in [0.2, 0.25) is 0 Å². The van der Waals surface area contributed by atoms with Crippen LogP contribution in [0.5, 0.6) is 0 Å². The summed E-state index contributed by atoms with van der Waals surface area (Å²) in [5.41, 5.74) is 1.82. The average molecular weight is 347 g/mol. The highest BCUT2D eigenvalue weighted by atomic mass is 16.3. The minimum Gasteiger partial charge on any atom is -0.391 e. The Morgan fingerprint density at radius 2 is 1.50 bits per heavy atom. The van der Waals surface area contributed by atoms with Gasteiger partial charge in [0, 0.05) is 11.3 Å². The monoisotopic (exact) mass is 347 g/mol. The molecule has 1 heterocycles. The molecule has 26 heavy (non-hydrogen) atoms. The zero-order valence-corrected chi connectivity index (χ0v) is 14.3. The first kappa shape index (κ1) is 16.5. The summed E-state index contributed by atoms with van der Waals surface area (Å²) in [7, 11) is 0. The molecule has 1 fully saturated rings. The normalized spacial score (nSPS) is 19.3. The Bertz CT molecular complexity index is 857. The van der Waals surface area contributed by atoms with E-state index in [4.69, 9.17) is 0 Å². The maximum absolute atomic E-state index is 10.1. The van der Waals surface area contributed by atoms with Gasteiger partial charge in [-0.3, -0.25) is 0 Å². The molecule has 0 unspecified atom stereocenters.